The number of aromatic carboxylic acids is 1. The Morgan fingerprint density at radius 2 is 1.69 bits per heavy atom. The van der Waals surface area contributed by atoms with E-state index in [1.807, 2.05) is 0 Å². The zero-order valence-corrected chi connectivity index (χ0v) is 20.2. The van der Waals surface area contributed by atoms with Crippen molar-refractivity contribution in [2.45, 2.75) is 12.4 Å². The minimum atomic E-state index is -3.65. The molecule has 3 N–H and O–H groups in total. The second kappa shape index (κ2) is 10.6. The molecule has 0 saturated heterocycles. The van der Waals surface area contributed by atoms with Crippen molar-refractivity contribution < 1.29 is 28.2 Å². The summed E-state index contributed by atoms with van der Waals surface area (Å²) in [5, 5.41) is 19.2. The largest absolute Gasteiger partial charge is 0.507 e. The molecule has 0 amide bonds. The van der Waals surface area contributed by atoms with Gasteiger partial charge in [-0.1, -0.05) is 35.9 Å². The Morgan fingerprint density at radius 3 is 2.39 bits per heavy atom. The van der Waals surface area contributed by atoms with Crippen molar-refractivity contribution in [2.75, 3.05) is 4.72 Å². The Labute approximate surface area is 212 Å². The van der Waals surface area contributed by atoms with Crippen molar-refractivity contribution in [1.82, 2.24) is 9.97 Å². The molecule has 0 aliphatic heterocycles. The number of carboxylic acid groups (broad SMARTS) is 1. The first-order valence-corrected chi connectivity index (χ1v) is 12.6. The first-order valence-electron chi connectivity index (χ1n) is 10.5. The Balaban J connectivity index is 1.41. The number of ether oxygens (including phenoxy) is 1. The van der Waals surface area contributed by atoms with Gasteiger partial charge in [0.05, 0.1) is 5.75 Å². The summed E-state index contributed by atoms with van der Waals surface area (Å²) >= 11 is 5.85. The van der Waals surface area contributed by atoms with Gasteiger partial charge in [0.2, 0.25) is 10.0 Å². The monoisotopic (exact) mass is 525 g/mol. The molecule has 4 rings (SSSR count). The highest BCUT2D eigenvalue weighted by molar-refractivity contribution is 7.91. The van der Waals surface area contributed by atoms with Gasteiger partial charge in [0, 0.05) is 34.2 Å². The lowest BCUT2D eigenvalue weighted by atomic mass is 10.2. The van der Waals surface area contributed by atoms with Crippen LogP contribution in [0.3, 0.4) is 0 Å². The van der Waals surface area contributed by atoms with Gasteiger partial charge in [-0.15, -0.1) is 0 Å². The molecule has 0 radical (unpaired) electrons. The van der Waals surface area contributed by atoms with Crippen LogP contribution in [0.2, 0.25) is 5.02 Å². The average Bonchev–Trinajstić information content (AvgIpc) is 2.85. The van der Waals surface area contributed by atoms with E-state index in [-0.39, 0.29) is 29.4 Å². The molecule has 0 unspecified atom stereocenters. The number of hydrogen-bond donors (Lipinski definition) is 3. The van der Waals surface area contributed by atoms with E-state index in [4.69, 9.17) is 21.4 Å². The number of carboxylic acids is 1. The number of rotatable bonds is 9. The summed E-state index contributed by atoms with van der Waals surface area (Å²) in [6.07, 6.45) is 3.11. The predicted molar refractivity (Wildman–Crippen MR) is 135 cm³/mol. The Kier molecular flexibility index (Phi) is 7.37. The minimum absolute atomic E-state index is 0.0780. The quantitative estimate of drug-likeness (QED) is 0.285. The van der Waals surface area contributed by atoms with Crippen LogP contribution in [0.15, 0.2) is 79.1 Å². The summed E-state index contributed by atoms with van der Waals surface area (Å²) < 4.78 is 33.3. The smallest absolute Gasteiger partial charge is 0.339 e. The molecule has 0 bridgehead atoms. The summed E-state index contributed by atoms with van der Waals surface area (Å²) in [7, 11) is -3.65. The highest BCUT2D eigenvalue weighted by Crippen LogP contribution is 2.24. The van der Waals surface area contributed by atoms with E-state index in [0.717, 1.165) is 0 Å². The maximum absolute atomic E-state index is 12.6. The number of aromatic hydroxyl groups is 1. The van der Waals surface area contributed by atoms with Gasteiger partial charge in [0.15, 0.2) is 5.82 Å². The van der Waals surface area contributed by atoms with Crippen LogP contribution < -0.4 is 9.46 Å². The molecule has 3 aromatic carbocycles. The van der Waals surface area contributed by atoms with Crippen LogP contribution >= 0.6 is 11.6 Å². The molecule has 0 aliphatic rings. The molecule has 0 fully saturated rings. The number of benzene rings is 3. The summed E-state index contributed by atoms with van der Waals surface area (Å²) in [5.74, 6) is -1.16. The number of aromatic nitrogens is 2. The van der Waals surface area contributed by atoms with Gasteiger partial charge in [0.1, 0.15) is 23.7 Å². The standard InChI is InChI=1S/C25H20ClN3O6S/c26-19-6-4-16(5-7-19)15-36(33,34)29-20-3-1-2-18(10-20)24-27-12-17(13-28-24)14-35-21-8-9-23(30)22(11-21)25(31)32/h1-13,29-30H,14-15H2,(H,31,32). The molecular formula is C25H20ClN3O6S. The number of phenols is 1. The van der Waals surface area contributed by atoms with Crippen LogP contribution in [-0.4, -0.2) is 34.6 Å². The van der Waals surface area contributed by atoms with Crippen molar-refractivity contribution in [3.8, 4) is 22.9 Å². The van der Waals surface area contributed by atoms with Gasteiger partial charge < -0.3 is 14.9 Å². The molecule has 0 atom stereocenters. The van der Waals surface area contributed by atoms with Crippen molar-refractivity contribution in [3.63, 3.8) is 0 Å². The third-order valence-electron chi connectivity index (χ3n) is 4.97. The normalized spacial score (nSPS) is 11.1. The molecule has 1 aromatic heterocycles. The third-order valence-corrected chi connectivity index (χ3v) is 6.49. The maximum Gasteiger partial charge on any atom is 0.339 e. The summed E-state index contributed by atoms with van der Waals surface area (Å²) in [4.78, 5) is 19.8. The number of halogens is 1. The molecule has 36 heavy (non-hydrogen) atoms. The van der Waals surface area contributed by atoms with E-state index in [2.05, 4.69) is 14.7 Å². The number of nitrogens with one attached hydrogen (secondary N) is 1. The van der Waals surface area contributed by atoms with E-state index in [0.29, 0.717) is 33.2 Å². The molecule has 4 aromatic rings. The lowest BCUT2D eigenvalue weighted by Gasteiger charge is -2.10. The molecule has 11 heteroatoms. The van der Waals surface area contributed by atoms with Gasteiger partial charge in [-0.3, -0.25) is 4.72 Å². The first-order chi connectivity index (χ1) is 17.2. The minimum Gasteiger partial charge on any atom is -0.507 e. The van der Waals surface area contributed by atoms with Gasteiger partial charge in [-0.25, -0.2) is 23.2 Å². The number of carbonyl (C=O) groups is 1. The number of sulfonamides is 1. The van der Waals surface area contributed by atoms with Crippen LogP contribution in [0.5, 0.6) is 11.5 Å². The second-order valence-electron chi connectivity index (χ2n) is 7.76. The predicted octanol–water partition coefficient (Wildman–Crippen LogP) is 4.72. The van der Waals surface area contributed by atoms with E-state index in [9.17, 15) is 18.3 Å². The van der Waals surface area contributed by atoms with E-state index >= 15 is 0 Å². The van der Waals surface area contributed by atoms with E-state index < -0.39 is 16.0 Å². The molecule has 184 valence electrons. The Bertz CT molecular complexity index is 1490. The molecule has 0 spiro atoms. The van der Waals surface area contributed by atoms with Gasteiger partial charge >= 0.3 is 5.97 Å². The van der Waals surface area contributed by atoms with Crippen LogP contribution in [0.1, 0.15) is 21.5 Å². The highest BCUT2D eigenvalue weighted by Gasteiger charge is 2.14. The lowest BCUT2D eigenvalue weighted by Crippen LogP contribution is -2.15. The fourth-order valence-corrected chi connectivity index (χ4v) is 4.57. The highest BCUT2D eigenvalue weighted by atomic mass is 35.5. The maximum atomic E-state index is 12.6. The third kappa shape index (κ3) is 6.49. The molecular weight excluding hydrogens is 506 g/mol. The topological polar surface area (TPSA) is 139 Å². The van der Waals surface area contributed by atoms with Crippen molar-refractivity contribution in [1.29, 1.82) is 0 Å². The van der Waals surface area contributed by atoms with Crippen LogP contribution in [0, 0.1) is 0 Å². The Morgan fingerprint density at radius 1 is 0.972 bits per heavy atom. The van der Waals surface area contributed by atoms with Crippen LogP contribution in [0.25, 0.3) is 11.4 Å². The summed E-state index contributed by atoms with van der Waals surface area (Å²) in [6, 6.07) is 17.2. The SMILES string of the molecule is O=C(O)c1cc(OCc2cnc(-c3cccc(NS(=O)(=O)Cc4ccc(Cl)cc4)c3)nc2)ccc1O. The summed E-state index contributed by atoms with van der Waals surface area (Å²) in [5.41, 5.74) is 1.96. The Hall–Kier alpha value is -4.15. The molecule has 1 heterocycles. The van der Waals surface area contributed by atoms with E-state index in [1.165, 1.54) is 18.2 Å². The number of anilines is 1. The van der Waals surface area contributed by atoms with Gasteiger partial charge in [-0.2, -0.15) is 0 Å². The zero-order chi connectivity index (χ0) is 25.7. The van der Waals surface area contributed by atoms with Crippen molar-refractivity contribution in [2.24, 2.45) is 0 Å². The fraction of sp³-hybridized carbons (Fsp3) is 0.0800. The fourth-order valence-electron chi connectivity index (χ4n) is 3.26. The first kappa shape index (κ1) is 25.0. The number of nitrogens with zero attached hydrogens (tertiary/aromatic N) is 2. The lowest BCUT2D eigenvalue weighted by molar-refractivity contribution is 0.0693. The van der Waals surface area contributed by atoms with Gasteiger partial charge in [-0.05, 0) is 48.0 Å². The molecule has 0 saturated carbocycles. The van der Waals surface area contributed by atoms with Crippen LogP contribution in [0.4, 0.5) is 5.69 Å². The molecule has 0 aliphatic carbocycles. The molecule has 9 nitrogen and oxygen atoms in total. The van der Waals surface area contributed by atoms with Gasteiger partial charge in [0.25, 0.3) is 0 Å². The summed E-state index contributed by atoms with van der Waals surface area (Å²) in [6.45, 7) is 0.0780. The van der Waals surface area contributed by atoms with Crippen molar-refractivity contribution in [3.05, 3.63) is 101 Å². The van der Waals surface area contributed by atoms with Crippen molar-refractivity contribution >= 4 is 33.3 Å². The average molecular weight is 526 g/mol. The number of hydrogen-bond acceptors (Lipinski definition) is 7. The van der Waals surface area contributed by atoms with E-state index in [1.54, 1.807) is 60.9 Å². The zero-order valence-electron chi connectivity index (χ0n) is 18.6. The second-order valence-corrected chi connectivity index (χ2v) is 9.91. The van der Waals surface area contributed by atoms with Crippen LogP contribution in [-0.2, 0) is 22.4 Å².